The van der Waals surface area contributed by atoms with Crippen LogP contribution >= 0.6 is 11.8 Å². The number of thioether (sulfide) groups is 1. The highest BCUT2D eigenvalue weighted by atomic mass is 32.2. The predicted octanol–water partition coefficient (Wildman–Crippen LogP) is 3.32. The number of hydrogen-bond acceptors (Lipinski definition) is 2. The van der Waals surface area contributed by atoms with Gasteiger partial charge >= 0.3 is 0 Å². The number of hydrogen-bond donors (Lipinski definition) is 0. The number of benzene rings is 1. The number of piperidine rings is 1. The second-order valence-corrected chi connectivity index (χ2v) is 6.19. The van der Waals surface area contributed by atoms with Crippen molar-refractivity contribution < 1.29 is 9.18 Å². The van der Waals surface area contributed by atoms with E-state index in [1.165, 1.54) is 18.6 Å². The van der Waals surface area contributed by atoms with Crippen LogP contribution in [-0.2, 0) is 10.5 Å². The third-order valence-corrected chi connectivity index (χ3v) is 4.41. The van der Waals surface area contributed by atoms with Gasteiger partial charge in [0.1, 0.15) is 5.82 Å². The molecule has 1 aromatic carbocycles. The fourth-order valence-corrected chi connectivity index (χ4v) is 3.23. The molecular formula is C15H20FNOS. The summed E-state index contributed by atoms with van der Waals surface area (Å²) in [5.41, 5.74) is 1.06. The molecule has 0 bridgehead atoms. The Kier molecular flexibility index (Phi) is 5.25. The largest absolute Gasteiger partial charge is 0.342 e. The van der Waals surface area contributed by atoms with Crippen LogP contribution in [0.15, 0.2) is 24.3 Å². The predicted molar refractivity (Wildman–Crippen MR) is 77.5 cm³/mol. The average Bonchev–Trinajstić information content (AvgIpc) is 2.41. The number of carbonyl (C=O) groups excluding carboxylic acids is 1. The molecular weight excluding hydrogens is 261 g/mol. The Morgan fingerprint density at radius 2 is 2.16 bits per heavy atom. The first-order chi connectivity index (χ1) is 9.15. The first-order valence-electron chi connectivity index (χ1n) is 6.75. The first kappa shape index (κ1) is 14.4. The highest BCUT2D eigenvalue weighted by Gasteiger charge is 2.20. The average molecular weight is 281 g/mol. The van der Waals surface area contributed by atoms with E-state index in [0.717, 1.165) is 30.8 Å². The van der Waals surface area contributed by atoms with E-state index in [9.17, 15) is 9.18 Å². The number of amides is 1. The SMILES string of the molecule is C[C@@H]1CCCN(C(=O)CSCc2ccc(F)cc2)C1. The molecule has 19 heavy (non-hydrogen) atoms. The van der Waals surface area contributed by atoms with Gasteiger partial charge in [0.25, 0.3) is 0 Å². The fourth-order valence-electron chi connectivity index (χ4n) is 2.34. The Hall–Kier alpha value is -1.03. The van der Waals surface area contributed by atoms with Crippen LogP contribution in [-0.4, -0.2) is 29.6 Å². The van der Waals surface area contributed by atoms with Crippen molar-refractivity contribution in [2.75, 3.05) is 18.8 Å². The van der Waals surface area contributed by atoms with E-state index in [-0.39, 0.29) is 11.7 Å². The highest BCUT2D eigenvalue weighted by Crippen LogP contribution is 2.18. The van der Waals surface area contributed by atoms with Crippen LogP contribution in [0.3, 0.4) is 0 Å². The number of carbonyl (C=O) groups is 1. The first-order valence-corrected chi connectivity index (χ1v) is 7.90. The Labute approximate surface area is 118 Å². The third kappa shape index (κ3) is 4.53. The minimum atomic E-state index is -0.216. The second-order valence-electron chi connectivity index (χ2n) is 5.21. The van der Waals surface area contributed by atoms with E-state index in [0.29, 0.717) is 11.7 Å². The fraction of sp³-hybridized carbons (Fsp3) is 0.533. The molecule has 0 N–H and O–H groups in total. The maximum atomic E-state index is 12.7. The molecule has 1 atom stereocenters. The van der Waals surface area contributed by atoms with E-state index < -0.39 is 0 Å². The summed E-state index contributed by atoms with van der Waals surface area (Å²) >= 11 is 1.60. The monoisotopic (exact) mass is 281 g/mol. The smallest absolute Gasteiger partial charge is 0.232 e. The van der Waals surface area contributed by atoms with Crippen molar-refractivity contribution >= 4 is 17.7 Å². The number of rotatable bonds is 4. The van der Waals surface area contributed by atoms with Gasteiger partial charge in [-0.25, -0.2) is 4.39 Å². The van der Waals surface area contributed by atoms with E-state index in [1.54, 1.807) is 23.9 Å². The van der Waals surface area contributed by atoms with Gasteiger partial charge in [-0.2, -0.15) is 0 Å². The molecule has 1 fully saturated rings. The summed E-state index contributed by atoms with van der Waals surface area (Å²) in [5, 5.41) is 0. The third-order valence-electron chi connectivity index (χ3n) is 3.42. The summed E-state index contributed by atoms with van der Waals surface area (Å²) < 4.78 is 12.7. The van der Waals surface area contributed by atoms with Gasteiger partial charge in [-0.1, -0.05) is 19.1 Å². The van der Waals surface area contributed by atoms with Crippen molar-refractivity contribution in [1.29, 1.82) is 0 Å². The van der Waals surface area contributed by atoms with Crippen molar-refractivity contribution in [3.05, 3.63) is 35.6 Å². The lowest BCUT2D eigenvalue weighted by atomic mass is 10.0. The molecule has 4 heteroatoms. The number of likely N-dealkylation sites (tertiary alicyclic amines) is 1. The van der Waals surface area contributed by atoms with Gasteiger partial charge in [-0.15, -0.1) is 11.8 Å². The summed E-state index contributed by atoms with van der Waals surface area (Å²) in [6.45, 7) is 4.00. The summed E-state index contributed by atoms with van der Waals surface area (Å²) in [4.78, 5) is 14.0. The minimum Gasteiger partial charge on any atom is -0.342 e. The Balaban J connectivity index is 1.73. The molecule has 0 saturated carbocycles. The highest BCUT2D eigenvalue weighted by molar-refractivity contribution is 7.99. The molecule has 1 aliphatic heterocycles. The van der Waals surface area contributed by atoms with Crippen LogP contribution in [0, 0.1) is 11.7 Å². The normalized spacial score (nSPS) is 19.5. The summed E-state index contributed by atoms with van der Waals surface area (Å²) in [5.74, 6) is 1.92. The van der Waals surface area contributed by atoms with Crippen LogP contribution in [0.5, 0.6) is 0 Å². The van der Waals surface area contributed by atoms with Crippen molar-refractivity contribution in [1.82, 2.24) is 4.90 Å². The summed E-state index contributed by atoms with van der Waals surface area (Å²) in [6.07, 6.45) is 2.35. The van der Waals surface area contributed by atoms with Gasteiger partial charge in [0.2, 0.25) is 5.91 Å². The van der Waals surface area contributed by atoms with E-state index in [4.69, 9.17) is 0 Å². The second kappa shape index (κ2) is 6.94. The molecule has 104 valence electrons. The lowest BCUT2D eigenvalue weighted by Crippen LogP contribution is -2.40. The maximum Gasteiger partial charge on any atom is 0.232 e. The van der Waals surface area contributed by atoms with Gasteiger partial charge in [-0.05, 0) is 36.5 Å². The van der Waals surface area contributed by atoms with Crippen LogP contribution in [0.25, 0.3) is 0 Å². The van der Waals surface area contributed by atoms with E-state index in [2.05, 4.69) is 6.92 Å². The van der Waals surface area contributed by atoms with Gasteiger partial charge in [0.15, 0.2) is 0 Å². The van der Waals surface area contributed by atoms with Crippen LogP contribution in [0.2, 0.25) is 0 Å². The summed E-state index contributed by atoms with van der Waals surface area (Å²) in [6, 6.07) is 6.47. The maximum absolute atomic E-state index is 12.7. The van der Waals surface area contributed by atoms with E-state index in [1.807, 2.05) is 4.90 Å². The Morgan fingerprint density at radius 1 is 1.42 bits per heavy atom. The lowest BCUT2D eigenvalue weighted by molar-refractivity contribution is -0.130. The zero-order valence-electron chi connectivity index (χ0n) is 11.3. The van der Waals surface area contributed by atoms with Gasteiger partial charge in [0.05, 0.1) is 5.75 Å². The van der Waals surface area contributed by atoms with E-state index >= 15 is 0 Å². The number of nitrogens with zero attached hydrogens (tertiary/aromatic N) is 1. The molecule has 0 aromatic heterocycles. The zero-order valence-corrected chi connectivity index (χ0v) is 12.1. The molecule has 1 amide bonds. The molecule has 0 radical (unpaired) electrons. The molecule has 0 aliphatic carbocycles. The molecule has 0 unspecified atom stereocenters. The molecule has 1 aliphatic rings. The standard InChI is InChI=1S/C15H20FNOS/c1-12-3-2-8-17(9-12)15(18)11-19-10-13-4-6-14(16)7-5-13/h4-7,12H,2-3,8-11H2,1H3/t12-/m1/s1. The summed E-state index contributed by atoms with van der Waals surface area (Å²) in [7, 11) is 0. The molecule has 1 aromatic rings. The minimum absolute atomic E-state index is 0.216. The van der Waals surface area contributed by atoms with Crippen molar-refractivity contribution in [2.45, 2.75) is 25.5 Å². The zero-order chi connectivity index (χ0) is 13.7. The molecule has 1 heterocycles. The lowest BCUT2D eigenvalue weighted by Gasteiger charge is -2.30. The topological polar surface area (TPSA) is 20.3 Å². The van der Waals surface area contributed by atoms with Crippen LogP contribution in [0.1, 0.15) is 25.3 Å². The Morgan fingerprint density at radius 3 is 2.84 bits per heavy atom. The number of halogens is 1. The molecule has 1 saturated heterocycles. The van der Waals surface area contributed by atoms with Crippen molar-refractivity contribution in [3.8, 4) is 0 Å². The van der Waals surface area contributed by atoms with Gasteiger partial charge in [0, 0.05) is 18.8 Å². The molecule has 2 rings (SSSR count). The molecule has 2 nitrogen and oxygen atoms in total. The van der Waals surface area contributed by atoms with Gasteiger partial charge < -0.3 is 4.90 Å². The quantitative estimate of drug-likeness (QED) is 0.844. The van der Waals surface area contributed by atoms with Crippen molar-refractivity contribution in [2.24, 2.45) is 5.92 Å². The van der Waals surface area contributed by atoms with Crippen molar-refractivity contribution in [3.63, 3.8) is 0 Å². The van der Waals surface area contributed by atoms with Crippen LogP contribution < -0.4 is 0 Å². The molecule has 0 spiro atoms. The van der Waals surface area contributed by atoms with Gasteiger partial charge in [-0.3, -0.25) is 4.79 Å². The van der Waals surface area contributed by atoms with Crippen LogP contribution in [0.4, 0.5) is 4.39 Å². The Bertz CT molecular complexity index is 421.